The van der Waals surface area contributed by atoms with Gasteiger partial charge in [0.25, 0.3) is 5.91 Å². The SMILES string of the molecule is CN(Cc1ccc(C#N)cc1)C(=O)c1ccc(CSc2nc3ccccc3[nH]2)cc1. The number of nitrogens with zero attached hydrogens (tertiary/aromatic N) is 3. The van der Waals surface area contributed by atoms with Crippen LogP contribution in [0.25, 0.3) is 11.0 Å². The van der Waals surface area contributed by atoms with Crippen LogP contribution in [0.4, 0.5) is 0 Å². The largest absolute Gasteiger partial charge is 0.337 e. The van der Waals surface area contributed by atoms with Crippen molar-refractivity contribution in [3.8, 4) is 6.07 Å². The molecule has 4 rings (SSSR count). The summed E-state index contributed by atoms with van der Waals surface area (Å²) in [4.78, 5) is 22.3. The Morgan fingerprint density at radius 2 is 1.73 bits per heavy atom. The number of carbonyl (C=O) groups excluding carboxylic acids is 1. The predicted molar refractivity (Wildman–Crippen MR) is 119 cm³/mol. The molecule has 1 amide bonds. The van der Waals surface area contributed by atoms with Crippen LogP contribution < -0.4 is 0 Å². The standard InChI is InChI=1S/C24H20N4OS/c1-28(15-18-8-6-17(14-25)7-9-18)23(29)20-12-10-19(11-13-20)16-30-24-26-21-4-2-3-5-22(21)27-24/h2-13H,15-16H2,1H3,(H,26,27). The van der Waals surface area contributed by atoms with Crippen molar-refractivity contribution in [1.82, 2.24) is 14.9 Å². The van der Waals surface area contributed by atoms with Gasteiger partial charge >= 0.3 is 0 Å². The number of imidazole rings is 1. The van der Waals surface area contributed by atoms with Crippen LogP contribution in [0.15, 0.2) is 78.0 Å². The highest BCUT2D eigenvalue weighted by molar-refractivity contribution is 7.98. The number of rotatable bonds is 6. The van der Waals surface area contributed by atoms with E-state index in [1.54, 1.807) is 35.8 Å². The summed E-state index contributed by atoms with van der Waals surface area (Å²) in [5, 5.41) is 9.77. The Labute approximate surface area is 179 Å². The summed E-state index contributed by atoms with van der Waals surface area (Å²) < 4.78 is 0. The van der Waals surface area contributed by atoms with E-state index in [0.717, 1.165) is 33.1 Å². The summed E-state index contributed by atoms with van der Waals surface area (Å²) in [6.45, 7) is 0.494. The Hall–Kier alpha value is -3.56. The normalized spacial score (nSPS) is 10.7. The van der Waals surface area contributed by atoms with E-state index in [4.69, 9.17) is 5.26 Å². The summed E-state index contributed by atoms with van der Waals surface area (Å²) in [5.41, 5.74) is 5.39. The molecule has 0 aliphatic carbocycles. The van der Waals surface area contributed by atoms with Crippen LogP contribution in [-0.2, 0) is 12.3 Å². The zero-order valence-corrected chi connectivity index (χ0v) is 17.3. The van der Waals surface area contributed by atoms with Gasteiger partial charge in [-0.1, -0.05) is 48.2 Å². The van der Waals surface area contributed by atoms with E-state index in [-0.39, 0.29) is 5.91 Å². The number of nitrogens with one attached hydrogen (secondary N) is 1. The van der Waals surface area contributed by atoms with Gasteiger partial charge in [0.05, 0.1) is 22.7 Å². The van der Waals surface area contributed by atoms with Gasteiger partial charge in [0.2, 0.25) is 0 Å². The smallest absolute Gasteiger partial charge is 0.253 e. The second-order valence-corrected chi connectivity index (χ2v) is 7.98. The lowest BCUT2D eigenvalue weighted by Crippen LogP contribution is -2.26. The highest BCUT2D eigenvalue weighted by Crippen LogP contribution is 2.23. The fraction of sp³-hybridized carbons (Fsp3) is 0.125. The molecule has 0 saturated heterocycles. The molecule has 0 fully saturated rings. The summed E-state index contributed by atoms with van der Waals surface area (Å²) >= 11 is 1.64. The van der Waals surface area contributed by atoms with Gasteiger partial charge in [-0.3, -0.25) is 4.79 Å². The van der Waals surface area contributed by atoms with Gasteiger partial charge in [0, 0.05) is 24.9 Å². The molecule has 30 heavy (non-hydrogen) atoms. The monoisotopic (exact) mass is 412 g/mol. The molecule has 5 nitrogen and oxygen atoms in total. The maximum Gasteiger partial charge on any atom is 0.253 e. The molecule has 0 aliphatic heterocycles. The third-order valence-corrected chi connectivity index (χ3v) is 5.74. The minimum atomic E-state index is -0.0316. The molecule has 0 spiro atoms. The molecule has 4 aromatic rings. The molecule has 0 aliphatic rings. The van der Waals surface area contributed by atoms with Gasteiger partial charge in [0.1, 0.15) is 0 Å². The van der Waals surface area contributed by atoms with Crippen molar-refractivity contribution in [2.24, 2.45) is 0 Å². The second kappa shape index (κ2) is 8.85. The number of hydrogen-bond donors (Lipinski definition) is 1. The Morgan fingerprint density at radius 1 is 1.03 bits per heavy atom. The number of aromatic nitrogens is 2. The van der Waals surface area contributed by atoms with Crippen LogP contribution in [0, 0.1) is 11.3 Å². The van der Waals surface area contributed by atoms with Crippen LogP contribution in [0.3, 0.4) is 0 Å². The number of para-hydroxylation sites is 2. The second-order valence-electron chi connectivity index (χ2n) is 7.01. The van der Waals surface area contributed by atoms with E-state index in [2.05, 4.69) is 16.0 Å². The fourth-order valence-corrected chi connectivity index (χ4v) is 3.98. The maximum absolute atomic E-state index is 12.7. The van der Waals surface area contributed by atoms with Crippen LogP contribution in [0.1, 0.15) is 27.0 Å². The van der Waals surface area contributed by atoms with E-state index in [1.807, 2.05) is 60.7 Å². The number of H-pyrrole nitrogens is 1. The molecule has 148 valence electrons. The van der Waals surface area contributed by atoms with Crippen molar-refractivity contribution in [3.05, 3.63) is 95.1 Å². The minimum absolute atomic E-state index is 0.0316. The zero-order valence-electron chi connectivity index (χ0n) is 16.5. The fourth-order valence-electron chi connectivity index (χ4n) is 3.14. The first-order valence-corrected chi connectivity index (χ1v) is 10.5. The third-order valence-electron chi connectivity index (χ3n) is 4.79. The van der Waals surface area contributed by atoms with Crippen LogP contribution >= 0.6 is 11.8 Å². The Balaban J connectivity index is 1.35. The lowest BCUT2D eigenvalue weighted by molar-refractivity contribution is 0.0785. The van der Waals surface area contributed by atoms with Gasteiger partial charge < -0.3 is 9.88 Å². The molecule has 1 aromatic heterocycles. The van der Waals surface area contributed by atoms with Crippen LogP contribution in [0.5, 0.6) is 0 Å². The lowest BCUT2D eigenvalue weighted by Gasteiger charge is -2.17. The quantitative estimate of drug-likeness (QED) is 0.452. The molecule has 1 N–H and O–H groups in total. The molecule has 0 radical (unpaired) electrons. The first kappa shape index (κ1) is 19.7. The van der Waals surface area contributed by atoms with Crippen molar-refractivity contribution in [1.29, 1.82) is 5.26 Å². The summed E-state index contributed by atoms with van der Waals surface area (Å²) in [5.74, 6) is 0.742. The molecule has 0 atom stereocenters. The van der Waals surface area contributed by atoms with E-state index >= 15 is 0 Å². The van der Waals surface area contributed by atoms with Crippen molar-refractivity contribution in [2.45, 2.75) is 17.5 Å². The van der Waals surface area contributed by atoms with E-state index in [9.17, 15) is 4.79 Å². The minimum Gasteiger partial charge on any atom is -0.337 e. The van der Waals surface area contributed by atoms with Gasteiger partial charge in [0.15, 0.2) is 5.16 Å². The number of carbonyl (C=O) groups is 1. The molecular weight excluding hydrogens is 392 g/mol. The van der Waals surface area contributed by atoms with Crippen molar-refractivity contribution in [3.63, 3.8) is 0 Å². The van der Waals surface area contributed by atoms with Gasteiger partial charge in [-0.15, -0.1) is 0 Å². The number of hydrogen-bond acceptors (Lipinski definition) is 4. The third kappa shape index (κ3) is 4.53. The molecule has 3 aromatic carbocycles. The Morgan fingerprint density at radius 3 is 2.43 bits per heavy atom. The topological polar surface area (TPSA) is 72.8 Å². The molecule has 0 saturated carbocycles. The van der Waals surface area contributed by atoms with Crippen molar-refractivity contribution >= 4 is 28.7 Å². The van der Waals surface area contributed by atoms with E-state index in [1.165, 1.54) is 0 Å². The van der Waals surface area contributed by atoms with E-state index < -0.39 is 0 Å². The highest BCUT2D eigenvalue weighted by atomic mass is 32.2. The zero-order chi connectivity index (χ0) is 20.9. The first-order valence-electron chi connectivity index (χ1n) is 9.53. The average Bonchev–Trinajstić information content (AvgIpc) is 3.21. The van der Waals surface area contributed by atoms with Gasteiger partial charge in [-0.25, -0.2) is 4.98 Å². The number of nitriles is 1. The number of fused-ring (bicyclic) bond motifs is 1. The average molecular weight is 413 g/mol. The molecular formula is C24H20N4OS. The molecule has 1 heterocycles. The summed E-state index contributed by atoms with van der Waals surface area (Å²) in [6, 6.07) is 25.1. The summed E-state index contributed by atoms with van der Waals surface area (Å²) in [6.07, 6.45) is 0. The number of thioether (sulfide) groups is 1. The Kier molecular flexibility index (Phi) is 5.82. The first-order chi connectivity index (χ1) is 14.6. The highest BCUT2D eigenvalue weighted by Gasteiger charge is 2.12. The number of amides is 1. The molecule has 0 bridgehead atoms. The number of benzene rings is 3. The molecule has 6 heteroatoms. The maximum atomic E-state index is 12.7. The number of aromatic amines is 1. The predicted octanol–water partition coefficient (Wildman–Crippen LogP) is 5.00. The van der Waals surface area contributed by atoms with E-state index in [0.29, 0.717) is 17.7 Å². The van der Waals surface area contributed by atoms with Crippen LogP contribution in [-0.4, -0.2) is 27.8 Å². The summed E-state index contributed by atoms with van der Waals surface area (Å²) in [7, 11) is 1.78. The lowest BCUT2D eigenvalue weighted by atomic mass is 10.1. The van der Waals surface area contributed by atoms with Crippen LogP contribution in [0.2, 0.25) is 0 Å². The van der Waals surface area contributed by atoms with Crippen molar-refractivity contribution in [2.75, 3.05) is 7.05 Å². The van der Waals surface area contributed by atoms with Gasteiger partial charge in [-0.05, 0) is 47.5 Å². The Bertz CT molecular complexity index is 1170. The molecule has 0 unspecified atom stereocenters. The van der Waals surface area contributed by atoms with Crippen molar-refractivity contribution < 1.29 is 4.79 Å². The van der Waals surface area contributed by atoms with Gasteiger partial charge in [-0.2, -0.15) is 5.26 Å².